The molecule has 0 atom stereocenters. The number of nitrogens with zero attached hydrogens (tertiary/aromatic N) is 3. The molecule has 0 bridgehead atoms. The van der Waals surface area contributed by atoms with Crippen LogP contribution in [-0.4, -0.2) is 15.0 Å². The van der Waals surface area contributed by atoms with Crippen LogP contribution in [0.2, 0.25) is 10.3 Å². The quantitative estimate of drug-likeness (QED) is 0.689. The minimum atomic E-state index is 0.179. The van der Waals surface area contributed by atoms with Crippen molar-refractivity contribution in [1.82, 2.24) is 15.0 Å². The Morgan fingerprint density at radius 1 is 1.00 bits per heavy atom. The van der Waals surface area contributed by atoms with E-state index >= 15 is 0 Å². The van der Waals surface area contributed by atoms with E-state index in [-0.39, 0.29) is 5.28 Å². The number of nitrogens with one attached hydrogen (secondary N) is 1. The summed E-state index contributed by atoms with van der Waals surface area (Å²) >= 11 is 12.0. The zero-order chi connectivity index (χ0) is 16.1. The van der Waals surface area contributed by atoms with Crippen LogP contribution in [-0.2, 0) is 6.61 Å². The molecule has 3 aromatic rings. The first-order valence-electron chi connectivity index (χ1n) is 6.77. The van der Waals surface area contributed by atoms with E-state index in [2.05, 4.69) is 20.3 Å². The van der Waals surface area contributed by atoms with Gasteiger partial charge in [-0.3, -0.25) is 4.98 Å². The van der Waals surface area contributed by atoms with E-state index in [1.807, 2.05) is 18.2 Å². The van der Waals surface area contributed by atoms with Gasteiger partial charge in [0.05, 0.1) is 5.02 Å². The van der Waals surface area contributed by atoms with Crippen LogP contribution in [0.25, 0.3) is 0 Å². The van der Waals surface area contributed by atoms with Crippen molar-refractivity contribution in [1.29, 1.82) is 0 Å². The number of pyridine rings is 1. The zero-order valence-electron chi connectivity index (χ0n) is 11.9. The standard InChI is InChI=1S/C16H12Cl2N4O/c17-13-9-12(21-15-5-8-20-16(18)22-15)1-2-14(13)23-10-11-3-6-19-7-4-11/h1-9H,10H2,(H,20,21,22). The van der Waals surface area contributed by atoms with Crippen LogP contribution in [0, 0.1) is 0 Å². The molecule has 7 heteroatoms. The average molecular weight is 347 g/mol. The lowest BCUT2D eigenvalue weighted by Crippen LogP contribution is -1.98. The Labute approximate surface area is 143 Å². The summed E-state index contributed by atoms with van der Waals surface area (Å²) in [4.78, 5) is 11.9. The molecule has 5 nitrogen and oxygen atoms in total. The van der Waals surface area contributed by atoms with E-state index in [0.29, 0.717) is 23.2 Å². The lowest BCUT2D eigenvalue weighted by molar-refractivity contribution is 0.306. The number of rotatable bonds is 5. The number of hydrogen-bond acceptors (Lipinski definition) is 5. The third-order valence-corrected chi connectivity index (χ3v) is 3.45. The molecule has 0 radical (unpaired) electrons. The Bertz CT molecular complexity index is 799. The van der Waals surface area contributed by atoms with Crippen LogP contribution >= 0.6 is 23.2 Å². The van der Waals surface area contributed by atoms with Crippen LogP contribution in [0.15, 0.2) is 55.0 Å². The minimum Gasteiger partial charge on any atom is -0.487 e. The normalized spacial score (nSPS) is 10.3. The molecular weight excluding hydrogens is 335 g/mol. The Hall–Kier alpha value is -2.37. The van der Waals surface area contributed by atoms with Gasteiger partial charge < -0.3 is 10.1 Å². The minimum absolute atomic E-state index is 0.179. The first-order chi connectivity index (χ1) is 11.2. The highest BCUT2D eigenvalue weighted by atomic mass is 35.5. The second kappa shape index (κ2) is 7.26. The van der Waals surface area contributed by atoms with Crippen LogP contribution in [0.5, 0.6) is 5.75 Å². The Morgan fingerprint density at radius 2 is 1.83 bits per heavy atom. The summed E-state index contributed by atoms with van der Waals surface area (Å²) in [6.45, 7) is 0.427. The molecule has 1 aromatic carbocycles. The highest BCUT2D eigenvalue weighted by Crippen LogP contribution is 2.29. The number of halogens is 2. The number of anilines is 2. The van der Waals surface area contributed by atoms with Gasteiger partial charge in [-0.05, 0) is 53.6 Å². The molecule has 0 spiro atoms. The fourth-order valence-electron chi connectivity index (χ4n) is 1.89. The van der Waals surface area contributed by atoms with Gasteiger partial charge in [0.2, 0.25) is 5.28 Å². The molecule has 0 saturated heterocycles. The van der Waals surface area contributed by atoms with Gasteiger partial charge in [0.1, 0.15) is 18.2 Å². The molecule has 2 heterocycles. The van der Waals surface area contributed by atoms with Gasteiger partial charge in [-0.25, -0.2) is 9.97 Å². The summed E-state index contributed by atoms with van der Waals surface area (Å²) in [7, 11) is 0. The predicted octanol–water partition coefficient (Wildman–Crippen LogP) is 4.50. The molecule has 3 rings (SSSR count). The molecule has 0 unspecified atom stereocenters. The largest absolute Gasteiger partial charge is 0.487 e. The highest BCUT2D eigenvalue weighted by molar-refractivity contribution is 6.32. The summed E-state index contributed by atoms with van der Waals surface area (Å²) in [6, 6.07) is 10.9. The summed E-state index contributed by atoms with van der Waals surface area (Å²) in [5.41, 5.74) is 1.80. The Kier molecular flexibility index (Phi) is 4.90. The van der Waals surface area contributed by atoms with Gasteiger partial charge in [0.25, 0.3) is 0 Å². The fraction of sp³-hybridized carbons (Fsp3) is 0.0625. The van der Waals surface area contributed by atoms with Crippen LogP contribution in [0.3, 0.4) is 0 Å². The van der Waals surface area contributed by atoms with Crippen molar-refractivity contribution in [2.45, 2.75) is 6.61 Å². The van der Waals surface area contributed by atoms with Gasteiger partial charge in [0, 0.05) is 24.3 Å². The van der Waals surface area contributed by atoms with E-state index < -0.39 is 0 Å². The van der Waals surface area contributed by atoms with Gasteiger partial charge in [-0.15, -0.1) is 0 Å². The van der Waals surface area contributed by atoms with Crippen LogP contribution in [0.4, 0.5) is 11.5 Å². The van der Waals surface area contributed by atoms with Crippen molar-refractivity contribution in [3.8, 4) is 5.75 Å². The SMILES string of the molecule is Clc1nccc(Nc2ccc(OCc3ccncc3)c(Cl)c2)n1. The van der Waals surface area contributed by atoms with Crippen molar-refractivity contribution >= 4 is 34.7 Å². The maximum atomic E-state index is 6.26. The first-order valence-corrected chi connectivity index (χ1v) is 7.53. The van der Waals surface area contributed by atoms with E-state index in [1.165, 1.54) is 0 Å². The topological polar surface area (TPSA) is 59.9 Å². The van der Waals surface area contributed by atoms with Crippen LogP contribution < -0.4 is 10.1 Å². The molecular formula is C16H12Cl2N4O. The summed E-state index contributed by atoms with van der Waals surface area (Å²) in [5, 5.41) is 3.79. The molecule has 0 aliphatic carbocycles. The summed E-state index contributed by atoms with van der Waals surface area (Å²) in [6.07, 6.45) is 5.02. The third kappa shape index (κ3) is 4.31. The number of aromatic nitrogens is 3. The molecule has 1 N–H and O–H groups in total. The van der Waals surface area contributed by atoms with Crippen molar-refractivity contribution in [3.63, 3.8) is 0 Å². The lowest BCUT2D eigenvalue weighted by Gasteiger charge is -2.10. The van der Waals surface area contributed by atoms with Crippen LogP contribution in [0.1, 0.15) is 5.56 Å². The summed E-state index contributed by atoms with van der Waals surface area (Å²) in [5.74, 6) is 1.20. The first kappa shape index (κ1) is 15.5. The monoisotopic (exact) mass is 346 g/mol. The maximum Gasteiger partial charge on any atom is 0.224 e. The highest BCUT2D eigenvalue weighted by Gasteiger charge is 2.05. The zero-order valence-corrected chi connectivity index (χ0v) is 13.4. The van der Waals surface area contributed by atoms with Crippen molar-refractivity contribution < 1.29 is 4.74 Å². The molecule has 23 heavy (non-hydrogen) atoms. The van der Waals surface area contributed by atoms with Crippen molar-refractivity contribution in [2.24, 2.45) is 0 Å². The van der Waals surface area contributed by atoms with E-state index in [1.54, 1.807) is 36.8 Å². The molecule has 0 aliphatic heterocycles. The molecule has 0 saturated carbocycles. The lowest BCUT2D eigenvalue weighted by atomic mass is 10.3. The van der Waals surface area contributed by atoms with Gasteiger partial charge in [0.15, 0.2) is 0 Å². The van der Waals surface area contributed by atoms with E-state index in [9.17, 15) is 0 Å². The number of ether oxygens (including phenoxy) is 1. The van der Waals surface area contributed by atoms with Crippen molar-refractivity contribution in [2.75, 3.05) is 5.32 Å². The molecule has 116 valence electrons. The Morgan fingerprint density at radius 3 is 2.57 bits per heavy atom. The van der Waals surface area contributed by atoms with Crippen molar-refractivity contribution in [3.05, 3.63) is 70.9 Å². The third-order valence-electron chi connectivity index (χ3n) is 2.97. The van der Waals surface area contributed by atoms with E-state index in [0.717, 1.165) is 11.3 Å². The van der Waals surface area contributed by atoms with Gasteiger partial charge >= 0.3 is 0 Å². The average Bonchev–Trinajstić information content (AvgIpc) is 2.55. The van der Waals surface area contributed by atoms with Gasteiger partial charge in [-0.1, -0.05) is 11.6 Å². The second-order valence-corrected chi connectivity index (χ2v) is 5.37. The molecule has 0 fully saturated rings. The molecule has 0 aliphatic rings. The smallest absolute Gasteiger partial charge is 0.224 e. The summed E-state index contributed by atoms with van der Waals surface area (Å²) < 4.78 is 5.71. The fourth-order valence-corrected chi connectivity index (χ4v) is 2.27. The Balaban J connectivity index is 1.68. The van der Waals surface area contributed by atoms with E-state index in [4.69, 9.17) is 27.9 Å². The maximum absolute atomic E-state index is 6.26. The second-order valence-electron chi connectivity index (χ2n) is 4.63. The molecule has 0 amide bonds. The number of hydrogen-bond donors (Lipinski definition) is 1. The predicted molar refractivity (Wildman–Crippen MR) is 90.3 cm³/mol. The number of benzene rings is 1. The molecule has 2 aromatic heterocycles. The van der Waals surface area contributed by atoms with Gasteiger partial charge in [-0.2, -0.15) is 0 Å².